The van der Waals surface area contributed by atoms with Crippen LogP contribution >= 0.6 is 15.9 Å². The molecule has 0 radical (unpaired) electrons. The third kappa shape index (κ3) is 3.52. The molecule has 1 aliphatic rings. The van der Waals surface area contributed by atoms with Crippen molar-refractivity contribution >= 4 is 21.8 Å². The van der Waals surface area contributed by atoms with E-state index in [1.54, 1.807) is 7.11 Å². The van der Waals surface area contributed by atoms with Gasteiger partial charge in [0.15, 0.2) is 0 Å². The van der Waals surface area contributed by atoms with E-state index in [1.165, 1.54) is 0 Å². The van der Waals surface area contributed by atoms with Gasteiger partial charge in [0.2, 0.25) is 5.91 Å². The van der Waals surface area contributed by atoms with Crippen LogP contribution in [0.25, 0.3) is 0 Å². The number of halogens is 1. The zero-order valence-corrected chi connectivity index (χ0v) is 13.5. The smallest absolute Gasteiger partial charge is 0.222 e. The maximum absolute atomic E-state index is 12.0. The van der Waals surface area contributed by atoms with Gasteiger partial charge in [-0.3, -0.25) is 4.79 Å². The predicted molar refractivity (Wildman–Crippen MR) is 82.6 cm³/mol. The highest BCUT2D eigenvalue weighted by atomic mass is 79.9. The largest absolute Gasteiger partial charge is 0.496 e. The van der Waals surface area contributed by atoms with Crippen molar-refractivity contribution in [3.05, 3.63) is 28.2 Å². The number of benzene rings is 1. The Morgan fingerprint density at radius 2 is 2.25 bits per heavy atom. The molecule has 1 aliphatic carbocycles. The Morgan fingerprint density at radius 3 is 2.75 bits per heavy atom. The lowest BCUT2D eigenvalue weighted by atomic mass is 9.75. The zero-order valence-electron chi connectivity index (χ0n) is 11.9. The maximum Gasteiger partial charge on any atom is 0.222 e. The summed E-state index contributed by atoms with van der Waals surface area (Å²) in [6, 6.07) is 5.76. The Morgan fingerprint density at radius 1 is 1.55 bits per heavy atom. The second-order valence-corrected chi connectivity index (χ2v) is 6.43. The maximum atomic E-state index is 12.0. The van der Waals surface area contributed by atoms with Crippen LogP contribution in [0.3, 0.4) is 0 Å². The van der Waals surface area contributed by atoms with Crippen molar-refractivity contribution in [2.75, 3.05) is 7.11 Å². The van der Waals surface area contributed by atoms with Crippen LogP contribution in [-0.2, 0) is 4.79 Å². The van der Waals surface area contributed by atoms with Crippen molar-refractivity contribution in [3.8, 4) is 5.75 Å². The molecule has 0 aliphatic heterocycles. The minimum absolute atomic E-state index is 0.0200. The van der Waals surface area contributed by atoms with Gasteiger partial charge < -0.3 is 15.8 Å². The standard InChI is InChI=1S/C15H21BrN2O2/c1-10(11-4-5-13(20-2)12(16)8-11)18-14(19)9-15(17)6-3-7-15/h4-5,8,10H,3,6-7,9,17H2,1-2H3,(H,18,19). The molecule has 0 saturated heterocycles. The van der Waals surface area contributed by atoms with E-state index in [-0.39, 0.29) is 17.5 Å². The van der Waals surface area contributed by atoms with Crippen LogP contribution in [0.2, 0.25) is 0 Å². The number of rotatable bonds is 5. The Labute approximate surface area is 128 Å². The van der Waals surface area contributed by atoms with Crippen LogP contribution in [0, 0.1) is 0 Å². The summed E-state index contributed by atoms with van der Waals surface area (Å²) in [6.07, 6.45) is 3.44. The molecule has 1 amide bonds. The normalized spacial score (nSPS) is 18.0. The van der Waals surface area contributed by atoms with Crippen LogP contribution in [0.4, 0.5) is 0 Å². The number of carbonyl (C=O) groups excluding carboxylic acids is 1. The lowest BCUT2D eigenvalue weighted by Crippen LogP contribution is -2.50. The van der Waals surface area contributed by atoms with E-state index in [9.17, 15) is 4.79 Å². The lowest BCUT2D eigenvalue weighted by Gasteiger charge is -2.37. The summed E-state index contributed by atoms with van der Waals surface area (Å²) in [5.74, 6) is 0.800. The molecule has 0 bridgehead atoms. The van der Waals surface area contributed by atoms with E-state index < -0.39 is 0 Å². The number of amides is 1. The quantitative estimate of drug-likeness (QED) is 0.866. The Balaban J connectivity index is 1.95. The zero-order chi connectivity index (χ0) is 14.8. The molecular formula is C15H21BrN2O2. The highest BCUT2D eigenvalue weighted by Gasteiger charge is 2.34. The molecule has 1 fully saturated rings. The number of methoxy groups -OCH3 is 1. The Kier molecular flexibility index (Phi) is 4.70. The van der Waals surface area contributed by atoms with E-state index in [2.05, 4.69) is 21.2 Å². The predicted octanol–water partition coefficient (Wildman–Crippen LogP) is 2.91. The number of nitrogens with one attached hydrogen (secondary N) is 1. The van der Waals surface area contributed by atoms with E-state index in [4.69, 9.17) is 10.5 Å². The monoisotopic (exact) mass is 340 g/mol. The first-order valence-electron chi connectivity index (χ1n) is 6.85. The molecule has 0 heterocycles. The summed E-state index contributed by atoms with van der Waals surface area (Å²) >= 11 is 3.45. The average molecular weight is 341 g/mol. The molecule has 0 spiro atoms. The van der Waals surface area contributed by atoms with Crippen LogP contribution in [-0.4, -0.2) is 18.6 Å². The van der Waals surface area contributed by atoms with Crippen molar-refractivity contribution in [2.45, 2.75) is 44.2 Å². The minimum Gasteiger partial charge on any atom is -0.496 e. The van der Waals surface area contributed by atoms with Gasteiger partial charge in [-0.25, -0.2) is 0 Å². The number of carbonyl (C=O) groups is 1. The van der Waals surface area contributed by atoms with Crippen molar-refractivity contribution in [1.82, 2.24) is 5.32 Å². The molecule has 2 rings (SSSR count). The summed E-state index contributed by atoms with van der Waals surface area (Å²) in [7, 11) is 1.63. The fourth-order valence-corrected chi connectivity index (χ4v) is 3.01. The molecule has 3 N–H and O–H groups in total. The van der Waals surface area contributed by atoms with E-state index in [1.807, 2.05) is 25.1 Å². The average Bonchev–Trinajstić information content (AvgIpc) is 2.36. The third-order valence-corrected chi connectivity index (χ3v) is 4.54. The van der Waals surface area contributed by atoms with E-state index in [0.29, 0.717) is 6.42 Å². The lowest BCUT2D eigenvalue weighted by molar-refractivity contribution is -0.123. The van der Waals surface area contributed by atoms with Gasteiger partial charge in [-0.15, -0.1) is 0 Å². The molecule has 20 heavy (non-hydrogen) atoms. The first kappa shape index (κ1) is 15.3. The van der Waals surface area contributed by atoms with Crippen molar-refractivity contribution in [2.24, 2.45) is 5.73 Å². The molecule has 1 atom stereocenters. The van der Waals surface area contributed by atoms with Crippen LogP contribution in [0.15, 0.2) is 22.7 Å². The molecule has 1 aromatic carbocycles. The minimum atomic E-state index is -0.274. The molecule has 5 heteroatoms. The van der Waals surface area contributed by atoms with Crippen molar-refractivity contribution < 1.29 is 9.53 Å². The van der Waals surface area contributed by atoms with Gasteiger partial charge in [-0.05, 0) is 59.8 Å². The summed E-state index contributed by atoms with van der Waals surface area (Å²) in [6.45, 7) is 1.97. The topological polar surface area (TPSA) is 64.3 Å². The van der Waals surface area contributed by atoms with Crippen molar-refractivity contribution in [3.63, 3.8) is 0 Å². The van der Waals surface area contributed by atoms with Gasteiger partial charge in [0.1, 0.15) is 5.75 Å². The SMILES string of the molecule is COc1ccc(C(C)NC(=O)CC2(N)CCC2)cc1Br. The van der Waals surface area contributed by atoms with Crippen LogP contribution < -0.4 is 15.8 Å². The molecule has 4 nitrogen and oxygen atoms in total. The van der Waals surface area contributed by atoms with Crippen molar-refractivity contribution in [1.29, 1.82) is 0 Å². The Bertz CT molecular complexity index is 501. The number of hydrogen-bond donors (Lipinski definition) is 2. The fourth-order valence-electron chi connectivity index (χ4n) is 2.46. The first-order valence-corrected chi connectivity index (χ1v) is 7.64. The molecule has 1 aromatic rings. The van der Waals surface area contributed by atoms with Gasteiger partial charge in [0, 0.05) is 12.0 Å². The highest BCUT2D eigenvalue weighted by Crippen LogP contribution is 2.32. The number of nitrogens with two attached hydrogens (primary N) is 1. The second-order valence-electron chi connectivity index (χ2n) is 5.58. The number of ether oxygens (including phenoxy) is 1. The molecule has 1 unspecified atom stereocenters. The Hall–Kier alpha value is -1.07. The van der Waals surface area contributed by atoms with Gasteiger partial charge in [-0.2, -0.15) is 0 Å². The highest BCUT2D eigenvalue weighted by molar-refractivity contribution is 9.10. The van der Waals surface area contributed by atoms with Gasteiger partial charge in [0.25, 0.3) is 0 Å². The molecule has 1 saturated carbocycles. The van der Waals surface area contributed by atoms with E-state index in [0.717, 1.165) is 35.0 Å². The first-order chi connectivity index (χ1) is 9.43. The van der Waals surface area contributed by atoms with Gasteiger partial charge >= 0.3 is 0 Å². The third-order valence-electron chi connectivity index (χ3n) is 3.92. The molecular weight excluding hydrogens is 320 g/mol. The number of hydrogen-bond acceptors (Lipinski definition) is 3. The molecule has 110 valence electrons. The van der Waals surface area contributed by atoms with Crippen LogP contribution in [0.1, 0.15) is 44.2 Å². The molecule has 0 aromatic heterocycles. The second kappa shape index (κ2) is 6.14. The van der Waals surface area contributed by atoms with Crippen LogP contribution in [0.5, 0.6) is 5.75 Å². The summed E-state index contributed by atoms with van der Waals surface area (Å²) in [4.78, 5) is 12.0. The van der Waals surface area contributed by atoms with E-state index >= 15 is 0 Å². The van der Waals surface area contributed by atoms with Gasteiger partial charge in [-0.1, -0.05) is 6.07 Å². The summed E-state index contributed by atoms with van der Waals surface area (Å²) in [5, 5.41) is 3.00. The van der Waals surface area contributed by atoms with Gasteiger partial charge in [0.05, 0.1) is 17.6 Å². The fraction of sp³-hybridized carbons (Fsp3) is 0.533. The summed E-state index contributed by atoms with van der Waals surface area (Å²) < 4.78 is 6.08. The summed E-state index contributed by atoms with van der Waals surface area (Å²) in [5.41, 5.74) is 6.85.